The lowest BCUT2D eigenvalue weighted by Crippen LogP contribution is -2.19. The van der Waals surface area contributed by atoms with Gasteiger partial charge in [0.25, 0.3) is 0 Å². The molecule has 5 heteroatoms. The van der Waals surface area contributed by atoms with Gasteiger partial charge in [0.2, 0.25) is 0 Å². The first-order valence-corrected chi connectivity index (χ1v) is 7.41. The van der Waals surface area contributed by atoms with E-state index in [4.69, 9.17) is 5.73 Å². The van der Waals surface area contributed by atoms with Crippen molar-refractivity contribution in [1.29, 1.82) is 0 Å². The summed E-state index contributed by atoms with van der Waals surface area (Å²) in [6.45, 7) is 5.04. The minimum atomic E-state index is -0.142. The van der Waals surface area contributed by atoms with E-state index in [9.17, 15) is 0 Å². The third-order valence-corrected chi connectivity index (χ3v) is 3.86. The predicted octanol–water partition coefficient (Wildman–Crippen LogP) is 2.72. The number of benzene rings is 1. The van der Waals surface area contributed by atoms with E-state index >= 15 is 0 Å². The first-order chi connectivity index (χ1) is 10.2. The summed E-state index contributed by atoms with van der Waals surface area (Å²) >= 11 is 0. The van der Waals surface area contributed by atoms with Crippen LogP contribution in [0.15, 0.2) is 30.5 Å². The topological polar surface area (TPSA) is 72.5 Å². The zero-order chi connectivity index (χ0) is 14.8. The fraction of sp³-hybridized carbons (Fsp3) is 0.375. The van der Waals surface area contributed by atoms with E-state index in [2.05, 4.69) is 44.9 Å². The van der Waals surface area contributed by atoms with Crippen molar-refractivity contribution in [3.63, 3.8) is 0 Å². The molecule has 3 aromatic rings. The van der Waals surface area contributed by atoms with Crippen molar-refractivity contribution in [1.82, 2.24) is 19.7 Å². The maximum absolute atomic E-state index is 6.38. The lowest BCUT2D eigenvalue weighted by molar-refractivity contribution is 0.567. The summed E-state index contributed by atoms with van der Waals surface area (Å²) in [5.41, 5.74) is 8.75. The van der Waals surface area contributed by atoms with Gasteiger partial charge in [-0.3, -0.25) is 0 Å². The third-order valence-electron chi connectivity index (χ3n) is 3.86. The van der Waals surface area contributed by atoms with Crippen LogP contribution in [0.5, 0.6) is 0 Å². The second-order valence-corrected chi connectivity index (χ2v) is 5.43. The number of aryl methyl sites for hydroxylation is 1. The molecule has 3 rings (SSSR count). The third kappa shape index (κ3) is 2.56. The van der Waals surface area contributed by atoms with Gasteiger partial charge in [0.15, 0.2) is 0 Å². The average Bonchev–Trinajstić information content (AvgIpc) is 3.05. The number of rotatable bonds is 5. The number of fused-ring (bicyclic) bond motifs is 1. The van der Waals surface area contributed by atoms with Crippen molar-refractivity contribution < 1.29 is 0 Å². The summed E-state index contributed by atoms with van der Waals surface area (Å²) in [4.78, 5) is 3.29. The predicted molar refractivity (Wildman–Crippen MR) is 84.0 cm³/mol. The number of aromatic nitrogens is 4. The fourth-order valence-corrected chi connectivity index (χ4v) is 2.80. The maximum atomic E-state index is 6.38. The zero-order valence-corrected chi connectivity index (χ0v) is 12.5. The molecule has 5 nitrogen and oxygen atoms in total. The quantitative estimate of drug-likeness (QED) is 0.756. The van der Waals surface area contributed by atoms with Gasteiger partial charge >= 0.3 is 0 Å². The van der Waals surface area contributed by atoms with Crippen LogP contribution >= 0.6 is 0 Å². The molecule has 0 saturated carbocycles. The molecule has 0 radical (unpaired) electrons. The minimum Gasteiger partial charge on any atom is -0.361 e. The van der Waals surface area contributed by atoms with Crippen LogP contribution in [-0.4, -0.2) is 19.7 Å². The Balaban J connectivity index is 1.88. The van der Waals surface area contributed by atoms with Gasteiger partial charge in [-0.2, -0.15) is 0 Å². The van der Waals surface area contributed by atoms with Gasteiger partial charge < -0.3 is 15.3 Å². The van der Waals surface area contributed by atoms with Gasteiger partial charge in [0.1, 0.15) is 11.6 Å². The summed E-state index contributed by atoms with van der Waals surface area (Å²) < 4.78 is 2.12. The normalized spacial score (nSPS) is 12.9. The van der Waals surface area contributed by atoms with Crippen molar-refractivity contribution in [3.8, 4) is 0 Å². The molecule has 1 atom stereocenters. The number of para-hydroxylation sites is 1. The standard InChI is InChI=1S/C16H21N5/c1-3-8-21-11(2)19-20-16(21)14(17)9-12-10-18-15-7-5-4-6-13(12)15/h4-7,10,14,18H,3,8-9,17H2,1-2H3/t14-/m0/s1. The minimum absolute atomic E-state index is 0.142. The molecule has 2 heterocycles. The van der Waals surface area contributed by atoms with E-state index in [1.54, 1.807) is 0 Å². The van der Waals surface area contributed by atoms with Crippen LogP contribution in [0.3, 0.4) is 0 Å². The van der Waals surface area contributed by atoms with E-state index < -0.39 is 0 Å². The number of nitrogens with zero attached hydrogens (tertiary/aromatic N) is 3. The van der Waals surface area contributed by atoms with E-state index in [0.717, 1.165) is 36.6 Å². The van der Waals surface area contributed by atoms with E-state index in [-0.39, 0.29) is 6.04 Å². The van der Waals surface area contributed by atoms with Gasteiger partial charge in [0.05, 0.1) is 6.04 Å². The molecule has 0 fully saturated rings. The number of hydrogen-bond donors (Lipinski definition) is 2. The molecule has 110 valence electrons. The van der Waals surface area contributed by atoms with E-state index in [1.807, 2.05) is 19.2 Å². The smallest absolute Gasteiger partial charge is 0.150 e. The fourth-order valence-electron chi connectivity index (χ4n) is 2.80. The highest BCUT2D eigenvalue weighted by molar-refractivity contribution is 5.83. The van der Waals surface area contributed by atoms with Crippen LogP contribution in [0.1, 0.15) is 36.6 Å². The Morgan fingerprint density at radius 3 is 2.90 bits per heavy atom. The first kappa shape index (κ1) is 13.8. The molecule has 1 aromatic carbocycles. The van der Waals surface area contributed by atoms with E-state index in [0.29, 0.717) is 0 Å². The molecule has 3 N–H and O–H groups in total. The highest BCUT2D eigenvalue weighted by Crippen LogP contribution is 2.23. The summed E-state index contributed by atoms with van der Waals surface area (Å²) in [5.74, 6) is 1.81. The maximum Gasteiger partial charge on any atom is 0.150 e. The molecular formula is C16H21N5. The van der Waals surface area contributed by atoms with Gasteiger partial charge in [-0.25, -0.2) is 0 Å². The molecule has 0 spiro atoms. The van der Waals surface area contributed by atoms with Crippen molar-refractivity contribution >= 4 is 10.9 Å². The first-order valence-electron chi connectivity index (χ1n) is 7.41. The molecule has 0 saturated heterocycles. The molecule has 0 amide bonds. The lowest BCUT2D eigenvalue weighted by atomic mass is 10.1. The number of H-pyrrole nitrogens is 1. The van der Waals surface area contributed by atoms with Crippen molar-refractivity contribution in [2.75, 3.05) is 0 Å². The summed E-state index contributed by atoms with van der Waals surface area (Å²) in [5, 5.41) is 9.67. The van der Waals surface area contributed by atoms with Gasteiger partial charge in [-0.15, -0.1) is 10.2 Å². The van der Waals surface area contributed by atoms with Gasteiger partial charge in [-0.05, 0) is 31.4 Å². The lowest BCUT2D eigenvalue weighted by Gasteiger charge is -2.13. The van der Waals surface area contributed by atoms with Crippen LogP contribution < -0.4 is 5.73 Å². The second-order valence-electron chi connectivity index (χ2n) is 5.43. The van der Waals surface area contributed by atoms with Crippen LogP contribution in [0.4, 0.5) is 0 Å². The number of nitrogens with two attached hydrogens (primary N) is 1. The SMILES string of the molecule is CCCn1c(C)nnc1[C@@H](N)Cc1c[nH]c2ccccc12. The van der Waals surface area contributed by atoms with Crippen molar-refractivity contribution in [2.24, 2.45) is 5.73 Å². The molecule has 21 heavy (non-hydrogen) atoms. The number of nitrogens with one attached hydrogen (secondary N) is 1. The molecule has 0 aliphatic rings. The second kappa shape index (κ2) is 5.69. The Hall–Kier alpha value is -2.14. The highest BCUT2D eigenvalue weighted by atomic mass is 15.3. The Bertz CT molecular complexity index is 740. The van der Waals surface area contributed by atoms with E-state index in [1.165, 1.54) is 10.9 Å². The molecule has 0 aliphatic carbocycles. The largest absolute Gasteiger partial charge is 0.361 e. The van der Waals surface area contributed by atoms with Crippen molar-refractivity contribution in [2.45, 2.75) is 39.3 Å². The molecule has 0 unspecified atom stereocenters. The Morgan fingerprint density at radius 1 is 1.29 bits per heavy atom. The number of hydrogen-bond acceptors (Lipinski definition) is 3. The molecule has 2 aromatic heterocycles. The Kier molecular flexibility index (Phi) is 3.75. The average molecular weight is 283 g/mol. The van der Waals surface area contributed by atoms with Crippen LogP contribution in [-0.2, 0) is 13.0 Å². The highest BCUT2D eigenvalue weighted by Gasteiger charge is 2.17. The molecule has 0 aliphatic heterocycles. The van der Waals surface area contributed by atoms with Crippen LogP contribution in [0, 0.1) is 6.92 Å². The number of aromatic amines is 1. The summed E-state index contributed by atoms with van der Waals surface area (Å²) in [6.07, 6.45) is 3.84. The molecular weight excluding hydrogens is 262 g/mol. The summed E-state index contributed by atoms with van der Waals surface area (Å²) in [7, 11) is 0. The van der Waals surface area contributed by atoms with Gasteiger partial charge in [-0.1, -0.05) is 25.1 Å². The zero-order valence-electron chi connectivity index (χ0n) is 12.5. The van der Waals surface area contributed by atoms with Crippen molar-refractivity contribution in [3.05, 3.63) is 47.7 Å². The Labute approximate surface area is 124 Å². The Morgan fingerprint density at radius 2 is 2.10 bits per heavy atom. The molecule has 0 bridgehead atoms. The van der Waals surface area contributed by atoms with Crippen LogP contribution in [0.2, 0.25) is 0 Å². The van der Waals surface area contributed by atoms with Crippen LogP contribution in [0.25, 0.3) is 10.9 Å². The summed E-state index contributed by atoms with van der Waals surface area (Å²) in [6, 6.07) is 8.14. The van der Waals surface area contributed by atoms with Gasteiger partial charge in [0, 0.05) is 23.6 Å². The monoisotopic (exact) mass is 283 g/mol.